The number of nitrogens with one attached hydrogen (secondary N) is 1. The zero-order chi connectivity index (χ0) is 13.6. The van der Waals surface area contributed by atoms with Gasteiger partial charge in [-0.25, -0.2) is 0 Å². The van der Waals surface area contributed by atoms with Gasteiger partial charge in [0.15, 0.2) is 0 Å². The van der Waals surface area contributed by atoms with Crippen molar-refractivity contribution in [1.82, 2.24) is 10.2 Å². The normalized spacial score (nSPS) is 17.0. The topological polar surface area (TPSA) is 41.6 Å². The van der Waals surface area contributed by atoms with Gasteiger partial charge in [-0.1, -0.05) is 20.8 Å². The summed E-state index contributed by atoms with van der Waals surface area (Å²) in [6, 6.07) is 0.502. The third-order valence-electron chi connectivity index (χ3n) is 3.17. The van der Waals surface area contributed by atoms with Crippen molar-refractivity contribution in [3.8, 4) is 0 Å². The number of hydrogen-bond acceptors (Lipinski definition) is 4. The molecule has 0 saturated heterocycles. The first-order valence-electron chi connectivity index (χ1n) is 6.28. The Morgan fingerprint density at radius 3 is 2.12 bits per heavy atom. The van der Waals surface area contributed by atoms with Gasteiger partial charge in [-0.15, -0.1) is 0 Å². The second kappa shape index (κ2) is 7.67. The van der Waals surface area contributed by atoms with E-state index in [4.69, 9.17) is 4.74 Å². The largest absolute Gasteiger partial charge is 0.469 e. The zero-order valence-corrected chi connectivity index (χ0v) is 12.3. The summed E-state index contributed by atoms with van der Waals surface area (Å²) in [7, 11) is 5.56. The van der Waals surface area contributed by atoms with Gasteiger partial charge in [-0.2, -0.15) is 0 Å². The zero-order valence-electron chi connectivity index (χ0n) is 12.3. The Bertz CT molecular complexity index is 229. The first-order valence-corrected chi connectivity index (χ1v) is 6.28. The molecule has 0 fully saturated rings. The van der Waals surface area contributed by atoms with Crippen LogP contribution in [0.15, 0.2) is 0 Å². The first-order chi connectivity index (χ1) is 7.79. The van der Waals surface area contributed by atoms with E-state index in [1.54, 1.807) is 0 Å². The Morgan fingerprint density at radius 1 is 1.24 bits per heavy atom. The predicted octanol–water partition coefficient (Wildman–Crippen LogP) is 1.36. The number of esters is 1. The van der Waals surface area contributed by atoms with Crippen molar-refractivity contribution in [2.75, 3.05) is 27.7 Å². The molecule has 0 amide bonds. The van der Waals surface area contributed by atoms with Crippen molar-refractivity contribution in [2.24, 2.45) is 11.8 Å². The lowest BCUT2D eigenvalue weighted by molar-refractivity contribution is -0.145. The summed E-state index contributed by atoms with van der Waals surface area (Å²) >= 11 is 0. The lowest BCUT2D eigenvalue weighted by Crippen LogP contribution is -2.49. The van der Waals surface area contributed by atoms with Gasteiger partial charge in [-0.3, -0.25) is 4.79 Å². The molecule has 17 heavy (non-hydrogen) atoms. The van der Waals surface area contributed by atoms with Crippen LogP contribution in [-0.2, 0) is 9.53 Å². The molecule has 0 rings (SSSR count). The number of ether oxygens (including phenoxy) is 1. The molecule has 1 N–H and O–H groups in total. The molecule has 3 atom stereocenters. The summed E-state index contributed by atoms with van der Waals surface area (Å²) in [5, 5.41) is 3.52. The van der Waals surface area contributed by atoms with Crippen LogP contribution in [0, 0.1) is 11.8 Å². The van der Waals surface area contributed by atoms with Crippen molar-refractivity contribution >= 4 is 5.97 Å². The standard InChI is InChI=1S/C13H28N2O2/c1-9(2)12(8-15(5)6)14-11(4)10(3)13(16)17-7/h9-12,14H,8H2,1-7H3. The SMILES string of the molecule is COC(=O)C(C)C(C)NC(CN(C)C)C(C)C. The van der Waals surface area contributed by atoms with E-state index in [1.807, 2.05) is 13.8 Å². The van der Waals surface area contributed by atoms with Crippen LogP contribution in [-0.4, -0.2) is 50.7 Å². The van der Waals surface area contributed by atoms with E-state index < -0.39 is 0 Å². The molecule has 0 bridgehead atoms. The van der Waals surface area contributed by atoms with Gasteiger partial charge in [-0.05, 0) is 26.9 Å². The van der Waals surface area contributed by atoms with E-state index in [2.05, 4.69) is 38.2 Å². The summed E-state index contributed by atoms with van der Waals surface area (Å²) in [4.78, 5) is 13.6. The van der Waals surface area contributed by atoms with Gasteiger partial charge in [0.1, 0.15) is 0 Å². The van der Waals surface area contributed by atoms with Crippen molar-refractivity contribution in [1.29, 1.82) is 0 Å². The third kappa shape index (κ3) is 6.03. The minimum Gasteiger partial charge on any atom is -0.469 e. The molecule has 0 spiro atoms. The van der Waals surface area contributed by atoms with Crippen LogP contribution in [0.2, 0.25) is 0 Å². The summed E-state index contributed by atoms with van der Waals surface area (Å²) in [5.74, 6) is 0.255. The smallest absolute Gasteiger partial charge is 0.309 e. The quantitative estimate of drug-likeness (QED) is 0.687. The Labute approximate surface area is 106 Å². The highest BCUT2D eigenvalue weighted by molar-refractivity contribution is 5.72. The highest BCUT2D eigenvalue weighted by atomic mass is 16.5. The number of methoxy groups -OCH3 is 1. The maximum atomic E-state index is 11.5. The van der Waals surface area contributed by atoms with Crippen molar-refractivity contribution < 1.29 is 9.53 Å². The summed E-state index contributed by atoms with van der Waals surface area (Å²) in [6.07, 6.45) is 0. The van der Waals surface area contributed by atoms with Gasteiger partial charge in [0.25, 0.3) is 0 Å². The van der Waals surface area contributed by atoms with Gasteiger partial charge in [0.2, 0.25) is 0 Å². The van der Waals surface area contributed by atoms with Crippen molar-refractivity contribution in [2.45, 2.75) is 39.8 Å². The molecule has 0 aromatic heterocycles. The monoisotopic (exact) mass is 244 g/mol. The van der Waals surface area contributed by atoms with Crippen LogP contribution in [0.3, 0.4) is 0 Å². The Balaban J connectivity index is 4.39. The molecule has 0 radical (unpaired) electrons. The average Bonchev–Trinajstić information content (AvgIpc) is 2.25. The number of carbonyl (C=O) groups is 1. The van der Waals surface area contributed by atoms with Crippen molar-refractivity contribution in [3.63, 3.8) is 0 Å². The number of hydrogen-bond donors (Lipinski definition) is 1. The van der Waals surface area contributed by atoms with Gasteiger partial charge < -0.3 is 15.0 Å². The molecule has 0 saturated carbocycles. The molecular formula is C13H28N2O2. The molecule has 0 aliphatic rings. The molecule has 0 aliphatic carbocycles. The molecular weight excluding hydrogens is 216 g/mol. The fourth-order valence-electron chi connectivity index (χ4n) is 1.72. The Kier molecular flexibility index (Phi) is 7.39. The maximum Gasteiger partial charge on any atom is 0.309 e. The second-order valence-corrected chi connectivity index (χ2v) is 5.38. The predicted molar refractivity (Wildman–Crippen MR) is 71.0 cm³/mol. The van der Waals surface area contributed by atoms with E-state index >= 15 is 0 Å². The summed E-state index contributed by atoms with van der Waals surface area (Å²) < 4.78 is 4.77. The van der Waals surface area contributed by atoms with Gasteiger partial charge >= 0.3 is 5.97 Å². The van der Waals surface area contributed by atoms with E-state index in [0.29, 0.717) is 12.0 Å². The van der Waals surface area contributed by atoms with Crippen molar-refractivity contribution in [3.05, 3.63) is 0 Å². The third-order valence-corrected chi connectivity index (χ3v) is 3.17. The number of nitrogens with zero attached hydrogens (tertiary/aromatic N) is 1. The highest BCUT2D eigenvalue weighted by Gasteiger charge is 2.24. The van der Waals surface area contributed by atoms with Crippen LogP contribution >= 0.6 is 0 Å². The fourth-order valence-corrected chi connectivity index (χ4v) is 1.72. The molecule has 4 heteroatoms. The molecule has 0 aromatic rings. The highest BCUT2D eigenvalue weighted by Crippen LogP contribution is 2.10. The molecule has 3 unspecified atom stereocenters. The van der Waals surface area contributed by atoms with Crippen LogP contribution < -0.4 is 5.32 Å². The summed E-state index contributed by atoms with van der Waals surface area (Å²) in [5.41, 5.74) is 0. The molecule has 0 heterocycles. The van der Waals surface area contributed by atoms with E-state index in [0.717, 1.165) is 6.54 Å². The Hall–Kier alpha value is -0.610. The minimum absolute atomic E-state index is 0.120. The number of likely N-dealkylation sites (N-methyl/N-ethyl adjacent to an activating group) is 1. The maximum absolute atomic E-state index is 11.5. The van der Waals surface area contributed by atoms with Crippen LogP contribution in [0.4, 0.5) is 0 Å². The van der Waals surface area contributed by atoms with E-state index in [1.165, 1.54) is 7.11 Å². The van der Waals surface area contributed by atoms with E-state index in [-0.39, 0.29) is 17.9 Å². The molecule has 4 nitrogen and oxygen atoms in total. The Morgan fingerprint density at radius 2 is 1.76 bits per heavy atom. The first kappa shape index (κ1) is 16.4. The minimum atomic E-state index is -0.155. The average molecular weight is 244 g/mol. The second-order valence-electron chi connectivity index (χ2n) is 5.38. The van der Waals surface area contributed by atoms with Crippen LogP contribution in [0.25, 0.3) is 0 Å². The molecule has 0 aliphatic heterocycles. The summed E-state index contributed by atoms with van der Waals surface area (Å²) in [6.45, 7) is 9.28. The fraction of sp³-hybridized carbons (Fsp3) is 0.923. The lowest BCUT2D eigenvalue weighted by atomic mass is 9.98. The van der Waals surface area contributed by atoms with Crippen LogP contribution in [0.1, 0.15) is 27.7 Å². The van der Waals surface area contributed by atoms with Gasteiger partial charge in [0.05, 0.1) is 13.0 Å². The van der Waals surface area contributed by atoms with E-state index in [9.17, 15) is 4.79 Å². The lowest BCUT2D eigenvalue weighted by Gasteiger charge is -2.30. The van der Waals surface area contributed by atoms with Crippen LogP contribution in [0.5, 0.6) is 0 Å². The number of rotatable bonds is 7. The molecule has 0 aromatic carbocycles. The number of carbonyl (C=O) groups excluding carboxylic acids is 1. The molecule has 102 valence electrons. The van der Waals surface area contributed by atoms with Gasteiger partial charge in [0, 0.05) is 18.6 Å².